The summed E-state index contributed by atoms with van der Waals surface area (Å²) < 4.78 is 6.07. The molecule has 24 heavy (non-hydrogen) atoms. The van der Waals surface area contributed by atoms with Crippen LogP contribution in [0.25, 0.3) is 0 Å². The van der Waals surface area contributed by atoms with Gasteiger partial charge in [-0.3, -0.25) is 0 Å². The molecule has 4 nitrogen and oxygen atoms in total. The van der Waals surface area contributed by atoms with E-state index in [4.69, 9.17) is 4.74 Å². The normalized spacial score (nSPS) is 21.6. The number of hydrogen-bond donors (Lipinski definition) is 0. The smallest absolute Gasteiger partial charge is 0.319 e. The van der Waals surface area contributed by atoms with Gasteiger partial charge in [-0.05, 0) is 37.3 Å². The van der Waals surface area contributed by atoms with Crippen LogP contribution in [-0.4, -0.2) is 49.6 Å². The Hall–Kier alpha value is -1.81. The number of piperidine rings is 1. The fourth-order valence-corrected chi connectivity index (χ4v) is 4.22. The maximum absolute atomic E-state index is 12.2. The Morgan fingerprint density at radius 2 is 2.12 bits per heavy atom. The SMILES string of the molecule is C=CCOC1CC2(CCN(C(=O)N(C)C)CC2)c2ccc(C)cc21. The Bertz CT molecular complexity index is 631. The topological polar surface area (TPSA) is 32.8 Å². The van der Waals surface area contributed by atoms with Gasteiger partial charge in [0.05, 0.1) is 12.7 Å². The summed E-state index contributed by atoms with van der Waals surface area (Å²) in [5.41, 5.74) is 4.19. The van der Waals surface area contributed by atoms with E-state index in [0.29, 0.717) is 6.61 Å². The van der Waals surface area contributed by atoms with Crippen LogP contribution in [-0.2, 0) is 10.2 Å². The van der Waals surface area contributed by atoms with E-state index >= 15 is 0 Å². The average Bonchev–Trinajstić information content (AvgIpc) is 2.86. The number of nitrogens with zero attached hydrogens (tertiary/aromatic N) is 2. The van der Waals surface area contributed by atoms with Gasteiger partial charge in [-0.25, -0.2) is 4.79 Å². The molecule has 0 N–H and O–H groups in total. The highest BCUT2D eigenvalue weighted by Crippen LogP contribution is 2.52. The lowest BCUT2D eigenvalue weighted by molar-refractivity contribution is 0.0509. The van der Waals surface area contributed by atoms with Gasteiger partial charge < -0.3 is 14.5 Å². The van der Waals surface area contributed by atoms with Crippen LogP contribution in [0.4, 0.5) is 4.79 Å². The lowest BCUT2D eigenvalue weighted by Crippen LogP contribution is -2.47. The quantitative estimate of drug-likeness (QED) is 0.793. The number of amides is 2. The van der Waals surface area contributed by atoms with Crippen molar-refractivity contribution in [1.29, 1.82) is 0 Å². The molecule has 130 valence electrons. The Morgan fingerprint density at radius 1 is 1.42 bits per heavy atom. The van der Waals surface area contributed by atoms with Crippen molar-refractivity contribution in [3.8, 4) is 0 Å². The Kier molecular flexibility index (Phi) is 4.68. The van der Waals surface area contributed by atoms with Crippen LogP contribution in [0, 0.1) is 6.92 Å². The highest BCUT2D eigenvalue weighted by atomic mass is 16.5. The first kappa shape index (κ1) is 17.0. The molecule has 1 atom stereocenters. The number of rotatable bonds is 3. The van der Waals surface area contributed by atoms with Crippen LogP contribution in [0.2, 0.25) is 0 Å². The summed E-state index contributed by atoms with van der Waals surface area (Å²) in [4.78, 5) is 15.8. The van der Waals surface area contributed by atoms with Gasteiger partial charge in [-0.15, -0.1) is 6.58 Å². The third kappa shape index (κ3) is 2.95. The number of fused-ring (bicyclic) bond motifs is 2. The maximum atomic E-state index is 12.2. The number of carbonyl (C=O) groups is 1. The molecule has 1 aromatic rings. The second-order valence-electron chi connectivity index (χ2n) is 7.35. The van der Waals surface area contributed by atoms with Crippen LogP contribution in [0.15, 0.2) is 30.9 Å². The fourth-order valence-electron chi connectivity index (χ4n) is 4.22. The van der Waals surface area contributed by atoms with Crippen molar-refractivity contribution in [3.63, 3.8) is 0 Å². The molecule has 1 fully saturated rings. The van der Waals surface area contributed by atoms with Crippen LogP contribution in [0.3, 0.4) is 0 Å². The maximum Gasteiger partial charge on any atom is 0.319 e. The molecule has 1 aliphatic carbocycles. The summed E-state index contributed by atoms with van der Waals surface area (Å²) in [6.45, 7) is 8.12. The molecular formula is C20H28N2O2. The molecule has 0 radical (unpaired) electrons. The molecule has 1 spiro atoms. The fraction of sp³-hybridized carbons (Fsp3) is 0.550. The van der Waals surface area contributed by atoms with E-state index in [1.54, 1.807) is 4.90 Å². The van der Waals surface area contributed by atoms with E-state index in [9.17, 15) is 4.79 Å². The molecule has 1 aliphatic heterocycles. The van der Waals surface area contributed by atoms with E-state index in [-0.39, 0.29) is 17.6 Å². The van der Waals surface area contributed by atoms with Crippen molar-refractivity contribution in [1.82, 2.24) is 9.80 Å². The van der Waals surface area contributed by atoms with E-state index in [0.717, 1.165) is 32.4 Å². The minimum Gasteiger partial charge on any atom is -0.369 e. The first-order valence-corrected chi connectivity index (χ1v) is 8.76. The summed E-state index contributed by atoms with van der Waals surface area (Å²) in [5, 5.41) is 0. The molecule has 3 rings (SSSR count). The number of hydrogen-bond acceptors (Lipinski definition) is 2. The van der Waals surface area contributed by atoms with Crippen molar-refractivity contribution in [2.45, 2.75) is 37.7 Å². The van der Waals surface area contributed by atoms with Gasteiger partial charge in [0.15, 0.2) is 0 Å². The van der Waals surface area contributed by atoms with Crippen molar-refractivity contribution in [3.05, 3.63) is 47.5 Å². The van der Waals surface area contributed by atoms with Crippen molar-refractivity contribution in [2.24, 2.45) is 0 Å². The molecule has 1 saturated heterocycles. The Balaban J connectivity index is 1.82. The zero-order valence-electron chi connectivity index (χ0n) is 15.0. The number of ether oxygens (including phenoxy) is 1. The third-order valence-electron chi connectivity index (χ3n) is 5.49. The van der Waals surface area contributed by atoms with Gasteiger partial charge in [-0.2, -0.15) is 0 Å². The molecule has 1 heterocycles. The van der Waals surface area contributed by atoms with E-state index in [1.165, 1.54) is 16.7 Å². The lowest BCUT2D eigenvalue weighted by Gasteiger charge is -2.41. The predicted octanol–water partition coefficient (Wildman–Crippen LogP) is 3.66. The molecule has 0 saturated carbocycles. The summed E-state index contributed by atoms with van der Waals surface area (Å²) in [6, 6.07) is 6.88. The lowest BCUT2D eigenvalue weighted by atomic mass is 9.73. The molecule has 2 amide bonds. The Morgan fingerprint density at radius 3 is 2.75 bits per heavy atom. The molecular weight excluding hydrogens is 300 g/mol. The summed E-state index contributed by atoms with van der Waals surface area (Å²) in [5.74, 6) is 0. The monoisotopic (exact) mass is 328 g/mol. The van der Waals surface area contributed by atoms with Gasteiger partial charge in [0.1, 0.15) is 0 Å². The Labute approximate surface area is 145 Å². The van der Waals surface area contributed by atoms with E-state index in [1.807, 2.05) is 25.1 Å². The average molecular weight is 328 g/mol. The molecule has 0 aromatic heterocycles. The molecule has 2 aliphatic rings. The van der Waals surface area contributed by atoms with Gasteiger partial charge in [0, 0.05) is 32.6 Å². The largest absolute Gasteiger partial charge is 0.369 e. The van der Waals surface area contributed by atoms with Gasteiger partial charge >= 0.3 is 6.03 Å². The second kappa shape index (κ2) is 6.60. The summed E-state index contributed by atoms with van der Waals surface area (Å²) >= 11 is 0. The van der Waals surface area contributed by atoms with Crippen LogP contribution >= 0.6 is 0 Å². The van der Waals surface area contributed by atoms with Crippen LogP contribution in [0.5, 0.6) is 0 Å². The standard InChI is InChI=1S/C20H28N2O2/c1-5-12-24-18-14-20(17-7-6-15(2)13-16(17)18)8-10-22(11-9-20)19(23)21(3)4/h5-7,13,18H,1,8-12,14H2,2-4H3. The number of urea groups is 1. The van der Waals surface area contributed by atoms with Crippen molar-refractivity contribution in [2.75, 3.05) is 33.8 Å². The molecule has 4 heteroatoms. The van der Waals surface area contributed by atoms with Gasteiger partial charge in [0.25, 0.3) is 0 Å². The third-order valence-corrected chi connectivity index (χ3v) is 5.49. The summed E-state index contributed by atoms with van der Waals surface area (Å²) in [7, 11) is 3.64. The second-order valence-corrected chi connectivity index (χ2v) is 7.35. The first-order chi connectivity index (χ1) is 11.5. The molecule has 1 aromatic carbocycles. The zero-order valence-corrected chi connectivity index (χ0v) is 15.0. The number of aryl methyl sites for hydroxylation is 1. The van der Waals surface area contributed by atoms with Crippen LogP contribution < -0.4 is 0 Å². The van der Waals surface area contributed by atoms with E-state index in [2.05, 4.69) is 31.7 Å². The summed E-state index contributed by atoms with van der Waals surface area (Å²) in [6.07, 6.45) is 5.00. The zero-order chi connectivity index (χ0) is 17.3. The minimum absolute atomic E-state index is 0.117. The van der Waals surface area contributed by atoms with Gasteiger partial charge in [-0.1, -0.05) is 29.8 Å². The number of carbonyl (C=O) groups excluding carboxylic acids is 1. The molecule has 0 bridgehead atoms. The van der Waals surface area contributed by atoms with Crippen molar-refractivity contribution < 1.29 is 9.53 Å². The highest BCUT2D eigenvalue weighted by Gasteiger charge is 2.46. The first-order valence-electron chi connectivity index (χ1n) is 8.76. The number of likely N-dealkylation sites (tertiary alicyclic amines) is 1. The highest BCUT2D eigenvalue weighted by molar-refractivity contribution is 5.74. The number of benzene rings is 1. The van der Waals surface area contributed by atoms with Crippen molar-refractivity contribution >= 4 is 6.03 Å². The predicted molar refractivity (Wildman–Crippen MR) is 96.3 cm³/mol. The minimum atomic E-state index is 0.117. The van der Waals surface area contributed by atoms with E-state index < -0.39 is 0 Å². The van der Waals surface area contributed by atoms with Gasteiger partial charge in [0.2, 0.25) is 0 Å². The van der Waals surface area contributed by atoms with Crippen LogP contribution in [0.1, 0.15) is 42.1 Å². The molecule has 1 unspecified atom stereocenters.